The van der Waals surface area contributed by atoms with Crippen LogP contribution in [0.4, 0.5) is 4.39 Å². The maximum absolute atomic E-state index is 12.9. The molecule has 0 N–H and O–H groups in total. The van der Waals surface area contributed by atoms with Gasteiger partial charge in [0.1, 0.15) is 11.5 Å². The summed E-state index contributed by atoms with van der Waals surface area (Å²) in [4.78, 5) is 14.8. The summed E-state index contributed by atoms with van der Waals surface area (Å²) in [5.74, 6) is -0.608. The Morgan fingerprint density at radius 3 is 2.92 bits per heavy atom. The fraction of sp³-hybridized carbons (Fsp3) is 0.250. The summed E-state index contributed by atoms with van der Waals surface area (Å²) < 4.78 is 12.9. The van der Waals surface area contributed by atoms with Crippen LogP contribution in [0.1, 0.15) is 16.1 Å². The van der Waals surface area contributed by atoms with Crippen molar-refractivity contribution >= 4 is 21.7 Å². The number of aromatic nitrogens is 1. The second-order valence-electron chi connectivity index (χ2n) is 2.38. The van der Waals surface area contributed by atoms with Gasteiger partial charge >= 0.3 is 0 Å². The first-order chi connectivity index (χ1) is 5.65. The smallest absolute Gasteiger partial charge is 0.191 e. The molecule has 0 radical (unpaired) electrons. The van der Waals surface area contributed by atoms with Crippen molar-refractivity contribution in [2.45, 2.75) is 6.92 Å². The molecule has 12 heavy (non-hydrogen) atoms. The summed E-state index contributed by atoms with van der Waals surface area (Å²) in [5, 5.41) is 0.169. The molecule has 0 spiro atoms. The molecule has 0 aliphatic rings. The first kappa shape index (κ1) is 9.32. The predicted molar refractivity (Wildman–Crippen MR) is 47.1 cm³/mol. The summed E-state index contributed by atoms with van der Waals surface area (Å²) >= 11 is 2.98. The van der Waals surface area contributed by atoms with Crippen LogP contribution >= 0.6 is 15.9 Å². The Balaban J connectivity index is 3.05. The number of carbonyl (C=O) groups excluding carboxylic acids is 1. The van der Waals surface area contributed by atoms with E-state index in [9.17, 15) is 9.18 Å². The van der Waals surface area contributed by atoms with Crippen LogP contribution < -0.4 is 0 Å². The van der Waals surface area contributed by atoms with Crippen molar-refractivity contribution in [2.24, 2.45) is 0 Å². The van der Waals surface area contributed by atoms with E-state index in [1.54, 1.807) is 6.92 Å². The van der Waals surface area contributed by atoms with Crippen LogP contribution in [0.5, 0.6) is 0 Å². The second kappa shape index (κ2) is 3.76. The molecule has 1 aromatic heterocycles. The number of alkyl halides is 1. The Morgan fingerprint density at radius 1 is 1.75 bits per heavy atom. The van der Waals surface area contributed by atoms with E-state index in [4.69, 9.17) is 0 Å². The van der Waals surface area contributed by atoms with Gasteiger partial charge in [-0.15, -0.1) is 0 Å². The zero-order valence-corrected chi connectivity index (χ0v) is 8.06. The molecule has 2 nitrogen and oxygen atoms in total. The van der Waals surface area contributed by atoms with Gasteiger partial charge in [0.25, 0.3) is 0 Å². The average molecular weight is 232 g/mol. The van der Waals surface area contributed by atoms with Crippen LogP contribution in [0.2, 0.25) is 0 Å². The van der Waals surface area contributed by atoms with Gasteiger partial charge in [0.05, 0.1) is 5.33 Å². The number of carbonyl (C=O) groups is 1. The first-order valence-corrected chi connectivity index (χ1v) is 4.48. The van der Waals surface area contributed by atoms with Crippen LogP contribution in [0.15, 0.2) is 12.3 Å². The summed E-state index contributed by atoms with van der Waals surface area (Å²) in [5.41, 5.74) is 0.607. The molecular weight excluding hydrogens is 225 g/mol. The van der Waals surface area contributed by atoms with E-state index < -0.39 is 5.82 Å². The summed E-state index contributed by atoms with van der Waals surface area (Å²) in [6, 6.07) is 1.15. The van der Waals surface area contributed by atoms with Crippen molar-refractivity contribution in [1.82, 2.24) is 4.98 Å². The SMILES string of the molecule is Cc1cnc(C(=O)CBr)cc1F. The van der Waals surface area contributed by atoms with Crippen LogP contribution in [0.3, 0.4) is 0 Å². The zero-order chi connectivity index (χ0) is 9.14. The Kier molecular flexibility index (Phi) is 2.92. The van der Waals surface area contributed by atoms with Crippen molar-refractivity contribution in [1.29, 1.82) is 0 Å². The number of rotatable bonds is 2. The van der Waals surface area contributed by atoms with Crippen LogP contribution in [-0.2, 0) is 0 Å². The largest absolute Gasteiger partial charge is 0.291 e. The molecule has 0 saturated heterocycles. The number of nitrogens with zero attached hydrogens (tertiary/aromatic N) is 1. The molecule has 0 aliphatic heterocycles. The lowest BCUT2D eigenvalue weighted by molar-refractivity contribution is 0.101. The Hall–Kier alpha value is -0.770. The Morgan fingerprint density at radius 2 is 2.42 bits per heavy atom. The Labute approximate surface area is 77.9 Å². The molecular formula is C8H7BrFNO. The third-order valence-corrected chi connectivity index (χ3v) is 1.95. The maximum atomic E-state index is 12.9. The minimum atomic E-state index is -0.394. The first-order valence-electron chi connectivity index (χ1n) is 3.36. The van der Waals surface area contributed by atoms with Gasteiger partial charge in [-0.3, -0.25) is 9.78 Å². The number of ketones is 1. The lowest BCUT2D eigenvalue weighted by Crippen LogP contribution is -2.04. The molecule has 64 valence electrons. The van der Waals surface area contributed by atoms with E-state index in [1.165, 1.54) is 6.20 Å². The lowest BCUT2D eigenvalue weighted by Gasteiger charge is -1.98. The lowest BCUT2D eigenvalue weighted by atomic mass is 10.2. The van der Waals surface area contributed by atoms with Crippen molar-refractivity contribution < 1.29 is 9.18 Å². The number of hydrogen-bond acceptors (Lipinski definition) is 2. The number of halogens is 2. The fourth-order valence-electron chi connectivity index (χ4n) is 0.720. The molecule has 1 rings (SSSR count). The molecule has 0 saturated carbocycles. The molecule has 0 atom stereocenters. The van der Waals surface area contributed by atoms with Gasteiger partial charge < -0.3 is 0 Å². The zero-order valence-electron chi connectivity index (χ0n) is 6.47. The standard InChI is InChI=1S/C8H7BrFNO/c1-5-4-11-7(2-6(5)10)8(12)3-9/h2,4H,3H2,1H3. The summed E-state index contributed by atoms with van der Waals surface area (Å²) in [7, 11) is 0. The van der Waals surface area contributed by atoms with Gasteiger partial charge in [0.15, 0.2) is 5.78 Å². The monoisotopic (exact) mass is 231 g/mol. The molecule has 0 bridgehead atoms. The van der Waals surface area contributed by atoms with Crippen LogP contribution in [0, 0.1) is 12.7 Å². The van der Waals surface area contributed by atoms with E-state index in [1.807, 2.05) is 0 Å². The van der Waals surface area contributed by atoms with Crippen LogP contribution in [0.25, 0.3) is 0 Å². The minimum absolute atomic E-state index is 0.162. The third kappa shape index (κ3) is 1.88. The van der Waals surface area contributed by atoms with E-state index in [2.05, 4.69) is 20.9 Å². The second-order valence-corrected chi connectivity index (χ2v) is 2.94. The number of hydrogen-bond donors (Lipinski definition) is 0. The van der Waals surface area contributed by atoms with Gasteiger partial charge in [0, 0.05) is 17.8 Å². The minimum Gasteiger partial charge on any atom is -0.291 e. The maximum Gasteiger partial charge on any atom is 0.191 e. The number of Topliss-reactive ketones (excluding diaryl/α,β-unsaturated/α-hetero) is 1. The van der Waals surface area contributed by atoms with E-state index in [-0.39, 0.29) is 16.8 Å². The van der Waals surface area contributed by atoms with Crippen molar-refractivity contribution in [3.63, 3.8) is 0 Å². The molecule has 0 aliphatic carbocycles. The van der Waals surface area contributed by atoms with Crippen molar-refractivity contribution in [2.75, 3.05) is 5.33 Å². The van der Waals surface area contributed by atoms with Gasteiger partial charge in [0.2, 0.25) is 0 Å². The fourth-order valence-corrected chi connectivity index (χ4v) is 1.01. The molecule has 0 fully saturated rings. The topological polar surface area (TPSA) is 30.0 Å². The normalized spacial score (nSPS) is 9.92. The Bertz CT molecular complexity index is 314. The van der Waals surface area contributed by atoms with E-state index in [0.29, 0.717) is 5.56 Å². The highest BCUT2D eigenvalue weighted by atomic mass is 79.9. The van der Waals surface area contributed by atoms with Crippen molar-refractivity contribution in [3.05, 3.63) is 29.3 Å². The van der Waals surface area contributed by atoms with E-state index >= 15 is 0 Å². The third-order valence-electron chi connectivity index (χ3n) is 1.44. The molecule has 4 heteroatoms. The summed E-state index contributed by atoms with van der Waals surface area (Å²) in [6.45, 7) is 1.60. The average Bonchev–Trinajstić information content (AvgIpc) is 2.08. The highest BCUT2D eigenvalue weighted by Gasteiger charge is 2.07. The quantitative estimate of drug-likeness (QED) is 0.577. The highest BCUT2D eigenvalue weighted by molar-refractivity contribution is 9.09. The molecule has 0 amide bonds. The van der Waals surface area contributed by atoms with Crippen molar-refractivity contribution in [3.8, 4) is 0 Å². The molecule has 1 heterocycles. The van der Waals surface area contributed by atoms with Crippen LogP contribution in [-0.4, -0.2) is 16.1 Å². The molecule has 0 aromatic carbocycles. The molecule has 1 aromatic rings. The van der Waals surface area contributed by atoms with Gasteiger partial charge in [-0.25, -0.2) is 4.39 Å². The number of aryl methyl sites for hydroxylation is 1. The summed E-state index contributed by atoms with van der Waals surface area (Å²) in [6.07, 6.45) is 1.35. The van der Waals surface area contributed by atoms with E-state index in [0.717, 1.165) is 6.07 Å². The van der Waals surface area contributed by atoms with Gasteiger partial charge in [-0.05, 0) is 6.92 Å². The number of pyridine rings is 1. The highest BCUT2D eigenvalue weighted by Crippen LogP contribution is 2.07. The molecule has 0 unspecified atom stereocenters. The predicted octanol–water partition coefficient (Wildman–Crippen LogP) is 2.11. The van der Waals surface area contributed by atoms with Gasteiger partial charge in [-0.2, -0.15) is 0 Å². The van der Waals surface area contributed by atoms with Gasteiger partial charge in [-0.1, -0.05) is 15.9 Å².